The molecule has 0 atom stereocenters. The summed E-state index contributed by atoms with van der Waals surface area (Å²) in [5, 5.41) is 3.20. The van der Waals surface area contributed by atoms with E-state index in [2.05, 4.69) is 44.5 Å². The van der Waals surface area contributed by atoms with Gasteiger partial charge in [0.15, 0.2) is 0 Å². The molecule has 63 heavy (non-hydrogen) atoms. The molecule has 0 saturated heterocycles. The van der Waals surface area contributed by atoms with Crippen LogP contribution in [-0.4, -0.2) is 55.7 Å². The van der Waals surface area contributed by atoms with Gasteiger partial charge in [0.2, 0.25) is 5.91 Å². The number of unbranched alkanes of at least 4 members (excludes halogenated alkanes) is 20. The quantitative estimate of drug-likeness (QED) is 0.0285. The molecule has 368 valence electrons. The Hall–Kier alpha value is -1.82. The summed E-state index contributed by atoms with van der Waals surface area (Å²) in [5.74, 6) is 2.27. The number of amides is 1. The minimum atomic E-state index is -0.286. The van der Waals surface area contributed by atoms with Gasteiger partial charge >= 0.3 is 5.97 Å². The van der Waals surface area contributed by atoms with Crippen LogP contribution in [0, 0.1) is 11.3 Å². The number of hydrogen-bond donors (Lipinski definition) is 1. The highest BCUT2D eigenvalue weighted by Gasteiger charge is 2.46. The number of rotatable bonds is 47. The van der Waals surface area contributed by atoms with E-state index < -0.39 is 0 Å². The zero-order valence-corrected chi connectivity index (χ0v) is 42.6. The highest BCUT2D eigenvalue weighted by atomic mass is 16.5. The molecule has 2 aliphatic rings. The van der Waals surface area contributed by atoms with Gasteiger partial charge in [-0.3, -0.25) is 9.59 Å². The Morgan fingerprint density at radius 1 is 0.603 bits per heavy atom. The van der Waals surface area contributed by atoms with Gasteiger partial charge in [0.05, 0.1) is 23.9 Å². The smallest absolute Gasteiger partial charge is 0.305 e. The minimum absolute atomic E-state index is 0.00546. The second-order valence-electron chi connectivity index (χ2n) is 20.2. The van der Waals surface area contributed by atoms with Crippen molar-refractivity contribution in [2.24, 2.45) is 11.3 Å². The van der Waals surface area contributed by atoms with Crippen molar-refractivity contribution in [2.45, 2.75) is 284 Å². The van der Waals surface area contributed by atoms with E-state index in [0.717, 1.165) is 71.1 Å². The lowest BCUT2D eigenvalue weighted by Crippen LogP contribution is -2.34. The van der Waals surface area contributed by atoms with Crippen LogP contribution in [0.3, 0.4) is 0 Å². The van der Waals surface area contributed by atoms with Gasteiger partial charge in [-0.05, 0) is 127 Å². The molecule has 2 saturated carbocycles. The lowest BCUT2D eigenvalue weighted by atomic mass is 9.89. The number of hydrogen-bond acceptors (Lipinski definition) is 5. The molecule has 1 amide bonds. The summed E-state index contributed by atoms with van der Waals surface area (Å²) < 4.78 is 12.7. The summed E-state index contributed by atoms with van der Waals surface area (Å²) >= 11 is 0. The summed E-state index contributed by atoms with van der Waals surface area (Å²) in [7, 11) is 0. The Bertz CT molecular complexity index is 1120. The third kappa shape index (κ3) is 29.4. The Balaban J connectivity index is 1.72. The summed E-state index contributed by atoms with van der Waals surface area (Å²) in [6.45, 7) is 17.7. The van der Waals surface area contributed by atoms with Crippen LogP contribution in [0.4, 0.5) is 0 Å². The molecule has 0 aromatic carbocycles. The van der Waals surface area contributed by atoms with Gasteiger partial charge in [0.1, 0.15) is 0 Å². The first kappa shape index (κ1) is 57.3. The van der Waals surface area contributed by atoms with Crippen molar-refractivity contribution >= 4 is 11.9 Å². The normalized spacial score (nSPS) is 14.4. The lowest BCUT2D eigenvalue weighted by Gasteiger charge is -2.27. The first-order valence-corrected chi connectivity index (χ1v) is 28.1. The molecule has 2 aliphatic carbocycles. The van der Waals surface area contributed by atoms with Gasteiger partial charge in [0, 0.05) is 19.4 Å². The van der Waals surface area contributed by atoms with Crippen molar-refractivity contribution in [2.75, 3.05) is 32.8 Å². The number of ether oxygens (including phenoxy) is 2. The Morgan fingerprint density at radius 3 is 1.60 bits per heavy atom. The molecule has 6 nitrogen and oxygen atoms in total. The van der Waals surface area contributed by atoms with Crippen LogP contribution in [0.5, 0.6) is 0 Å². The van der Waals surface area contributed by atoms with Crippen LogP contribution in [-0.2, 0) is 19.1 Å². The second kappa shape index (κ2) is 39.4. The predicted molar refractivity (Wildman–Crippen MR) is 271 cm³/mol. The molecule has 6 heteroatoms. The molecular weight excluding hydrogens is 777 g/mol. The number of carbonyl (C=O) groups is 2. The SMILES string of the molecule is C=CC1(C(=O)NCCCN(CCCCCCCC(=O)OCCC(CCCC)CCCC)CCCCCCCC(OC(CCCCCCCC)CCCCCCCC)=C2CCC2)CC1. The second-order valence-corrected chi connectivity index (χ2v) is 20.2. The first-order chi connectivity index (χ1) is 30.9. The van der Waals surface area contributed by atoms with Crippen molar-refractivity contribution in [3.8, 4) is 0 Å². The standard InChI is InChI=1S/C57H106N2O4/c1-6-11-15-17-21-27-39-53(40-28-22-18-16-12-7-2)63-54(52-37-33-38-52)41-29-23-19-25-31-47-59(49-34-46-58-56(61)57(10-5)44-45-57)48-32-26-20-24-30-42-55(60)62-50-43-51(35-13-8-3)36-14-9-4/h10,51,53H,5-9,11-50H2,1-4H3,(H,58,61). The van der Waals surface area contributed by atoms with Crippen LogP contribution in [0.25, 0.3) is 0 Å². The van der Waals surface area contributed by atoms with Crippen molar-refractivity contribution in [3.05, 3.63) is 24.0 Å². The third-order valence-electron chi connectivity index (χ3n) is 14.4. The van der Waals surface area contributed by atoms with E-state index >= 15 is 0 Å². The maximum absolute atomic E-state index is 12.7. The van der Waals surface area contributed by atoms with Gasteiger partial charge < -0.3 is 19.7 Å². The molecular formula is C57H106N2O4. The van der Waals surface area contributed by atoms with E-state index in [1.807, 2.05) is 6.08 Å². The van der Waals surface area contributed by atoms with E-state index in [4.69, 9.17) is 9.47 Å². The van der Waals surface area contributed by atoms with Crippen molar-refractivity contribution in [1.82, 2.24) is 10.2 Å². The van der Waals surface area contributed by atoms with Gasteiger partial charge in [-0.1, -0.05) is 175 Å². The van der Waals surface area contributed by atoms with Crippen LogP contribution < -0.4 is 5.32 Å². The minimum Gasteiger partial charge on any atom is -0.495 e. The molecule has 0 aromatic heterocycles. The summed E-state index contributed by atoms with van der Waals surface area (Å²) in [6.07, 6.45) is 50.2. The fourth-order valence-electron chi connectivity index (χ4n) is 9.51. The zero-order chi connectivity index (χ0) is 45.5. The highest BCUT2D eigenvalue weighted by Crippen LogP contribution is 2.46. The molecule has 0 aliphatic heterocycles. The maximum Gasteiger partial charge on any atom is 0.305 e. The average molecular weight is 883 g/mol. The van der Waals surface area contributed by atoms with Crippen molar-refractivity contribution in [1.29, 1.82) is 0 Å². The van der Waals surface area contributed by atoms with Crippen LogP contribution >= 0.6 is 0 Å². The lowest BCUT2D eigenvalue weighted by molar-refractivity contribution is -0.144. The van der Waals surface area contributed by atoms with Gasteiger partial charge in [0.25, 0.3) is 0 Å². The molecule has 2 fully saturated rings. The topological polar surface area (TPSA) is 67.9 Å². The maximum atomic E-state index is 12.7. The fraction of sp³-hybridized carbons (Fsp3) is 0.895. The largest absolute Gasteiger partial charge is 0.495 e. The van der Waals surface area contributed by atoms with Crippen LogP contribution in [0.15, 0.2) is 24.0 Å². The van der Waals surface area contributed by atoms with Gasteiger partial charge in [-0.15, -0.1) is 6.58 Å². The fourth-order valence-corrected chi connectivity index (χ4v) is 9.51. The molecule has 0 aromatic rings. The van der Waals surface area contributed by atoms with Gasteiger partial charge in [-0.2, -0.15) is 0 Å². The van der Waals surface area contributed by atoms with E-state index in [0.29, 0.717) is 25.0 Å². The third-order valence-corrected chi connectivity index (χ3v) is 14.4. The van der Waals surface area contributed by atoms with E-state index in [1.54, 1.807) is 5.57 Å². The summed E-state index contributed by atoms with van der Waals surface area (Å²) in [6, 6.07) is 0. The molecule has 0 bridgehead atoms. The predicted octanol–water partition coefficient (Wildman–Crippen LogP) is 16.7. The molecule has 0 unspecified atom stereocenters. The van der Waals surface area contributed by atoms with E-state index in [9.17, 15) is 9.59 Å². The average Bonchev–Trinajstić information content (AvgIpc) is 4.08. The molecule has 0 radical (unpaired) electrons. The molecule has 0 spiro atoms. The highest BCUT2D eigenvalue weighted by molar-refractivity contribution is 5.87. The van der Waals surface area contributed by atoms with E-state index in [1.165, 1.54) is 205 Å². The monoisotopic (exact) mass is 883 g/mol. The van der Waals surface area contributed by atoms with Gasteiger partial charge in [-0.25, -0.2) is 0 Å². The van der Waals surface area contributed by atoms with Crippen LogP contribution in [0.1, 0.15) is 278 Å². The van der Waals surface area contributed by atoms with Crippen molar-refractivity contribution < 1.29 is 19.1 Å². The number of nitrogens with one attached hydrogen (secondary N) is 1. The number of nitrogens with zero attached hydrogens (tertiary/aromatic N) is 1. The Labute approximate surface area is 392 Å². The number of esters is 1. The number of allylic oxidation sites excluding steroid dienone is 2. The Morgan fingerprint density at radius 2 is 1.10 bits per heavy atom. The summed E-state index contributed by atoms with van der Waals surface area (Å²) in [5.41, 5.74) is 1.35. The zero-order valence-electron chi connectivity index (χ0n) is 42.6. The van der Waals surface area contributed by atoms with E-state index in [-0.39, 0.29) is 17.3 Å². The molecule has 2 rings (SSSR count). The Kier molecular flexibility index (Phi) is 35.8. The summed E-state index contributed by atoms with van der Waals surface area (Å²) in [4.78, 5) is 27.7. The first-order valence-electron chi connectivity index (χ1n) is 28.1. The number of carbonyl (C=O) groups excluding carboxylic acids is 2. The molecule has 1 N–H and O–H groups in total. The van der Waals surface area contributed by atoms with Crippen LogP contribution in [0.2, 0.25) is 0 Å². The van der Waals surface area contributed by atoms with Crippen molar-refractivity contribution in [3.63, 3.8) is 0 Å². The molecule has 0 heterocycles.